The third-order valence-corrected chi connectivity index (χ3v) is 2.73. The molecule has 0 aromatic carbocycles. The Labute approximate surface area is 116 Å². The van der Waals surface area contributed by atoms with Crippen LogP contribution < -0.4 is 9.47 Å². The van der Waals surface area contributed by atoms with Crippen molar-refractivity contribution in [2.24, 2.45) is 5.92 Å². The van der Waals surface area contributed by atoms with E-state index in [0.717, 1.165) is 0 Å². The van der Waals surface area contributed by atoms with E-state index in [1.165, 1.54) is 21.1 Å². The maximum Gasteiger partial charge on any atom is 0.322 e. The average Bonchev–Trinajstić information content (AvgIpc) is 2.43. The Morgan fingerprint density at radius 3 is 2.05 bits per heavy atom. The lowest BCUT2D eigenvalue weighted by molar-refractivity contribution is -0.147. The van der Waals surface area contributed by atoms with Crippen molar-refractivity contribution >= 4 is 5.97 Å². The number of alkyl halides is 1. The first-order chi connectivity index (χ1) is 9.33. The highest BCUT2D eigenvalue weighted by Gasteiger charge is 2.41. The van der Waals surface area contributed by atoms with Crippen molar-refractivity contribution in [1.29, 1.82) is 0 Å². The highest BCUT2D eigenvalue weighted by atomic mass is 19.1. The lowest BCUT2D eigenvalue weighted by atomic mass is 9.92. The fraction of sp³-hybridized carbons (Fsp3) is 0.667. The summed E-state index contributed by atoms with van der Waals surface area (Å²) in [5.74, 6) is -1.31. The van der Waals surface area contributed by atoms with Crippen molar-refractivity contribution < 1.29 is 23.4 Å². The van der Waals surface area contributed by atoms with Crippen LogP contribution in [0.25, 0.3) is 0 Å². The minimum absolute atomic E-state index is 0.0719. The van der Waals surface area contributed by atoms with E-state index < -0.39 is 24.2 Å². The number of halogens is 1. The van der Waals surface area contributed by atoms with Gasteiger partial charge in [-0.25, -0.2) is 4.39 Å². The molecule has 1 rings (SSSR count). The largest absolute Gasteiger partial charge is 0.467 e. The van der Waals surface area contributed by atoms with Gasteiger partial charge >= 0.3 is 18.0 Å². The second-order valence-electron chi connectivity index (χ2n) is 4.43. The first-order valence-electron chi connectivity index (χ1n) is 6.00. The Morgan fingerprint density at radius 2 is 1.70 bits per heavy atom. The monoisotopic (exact) mass is 287 g/mol. The lowest BCUT2D eigenvalue weighted by Gasteiger charge is -2.27. The topological polar surface area (TPSA) is 83.4 Å². The molecule has 0 bridgehead atoms. The van der Waals surface area contributed by atoms with Gasteiger partial charge in [0.1, 0.15) is 6.61 Å². The van der Waals surface area contributed by atoms with E-state index in [1.54, 1.807) is 13.8 Å². The van der Waals surface area contributed by atoms with Gasteiger partial charge in [-0.3, -0.25) is 4.79 Å². The fourth-order valence-corrected chi connectivity index (χ4v) is 1.40. The van der Waals surface area contributed by atoms with Crippen LogP contribution in [0.15, 0.2) is 0 Å². The molecule has 0 radical (unpaired) electrons. The molecular formula is C12H18FN3O4. The Balaban J connectivity index is 3.22. The zero-order valence-electron chi connectivity index (χ0n) is 12.1. The predicted molar refractivity (Wildman–Crippen MR) is 67.2 cm³/mol. The second kappa shape index (κ2) is 6.44. The SMILES string of the molecule is COc1nc(OC)nc(C(F)(COC(C)=O)C(C)C)n1. The number of rotatable bonds is 6. The van der Waals surface area contributed by atoms with Gasteiger partial charge in [-0.1, -0.05) is 13.8 Å². The third kappa shape index (κ3) is 3.52. The zero-order chi connectivity index (χ0) is 15.3. The van der Waals surface area contributed by atoms with Gasteiger partial charge in [0.05, 0.1) is 14.2 Å². The van der Waals surface area contributed by atoms with Gasteiger partial charge in [-0.05, 0) is 5.92 Å². The molecule has 0 saturated carbocycles. The first-order valence-corrected chi connectivity index (χ1v) is 6.00. The van der Waals surface area contributed by atoms with Crippen LogP contribution in [0, 0.1) is 5.92 Å². The number of hydrogen-bond acceptors (Lipinski definition) is 7. The van der Waals surface area contributed by atoms with E-state index in [1.807, 2.05) is 0 Å². The highest BCUT2D eigenvalue weighted by molar-refractivity contribution is 5.66. The molecule has 1 aromatic rings. The van der Waals surface area contributed by atoms with Crippen molar-refractivity contribution in [2.45, 2.75) is 26.4 Å². The van der Waals surface area contributed by atoms with Gasteiger partial charge in [-0.15, -0.1) is 4.98 Å². The van der Waals surface area contributed by atoms with Gasteiger partial charge in [0.25, 0.3) is 0 Å². The molecule has 0 saturated heterocycles. The van der Waals surface area contributed by atoms with Gasteiger partial charge in [0, 0.05) is 6.92 Å². The standard InChI is InChI=1S/C12H18FN3O4/c1-7(2)12(13,6-20-8(3)17)9-14-10(18-4)16-11(15-9)19-5/h7H,6H2,1-5H3. The molecule has 20 heavy (non-hydrogen) atoms. The Kier molecular flexibility index (Phi) is 5.18. The van der Waals surface area contributed by atoms with Crippen molar-refractivity contribution in [3.8, 4) is 12.0 Å². The minimum Gasteiger partial charge on any atom is -0.467 e. The normalized spacial score (nSPS) is 13.8. The summed E-state index contributed by atoms with van der Waals surface area (Å²) in [4.78, 5) is 22.5. The highest BCUT2D eigenvalue weighted by Crippen LogP contribution is 2.33. The Hall–Kier alpha value is -1.99. The van der Waals surface area contributed by atoms with Gasteiger partial charge in [0.2, 0.25) is 5.67 Å². The van der Waals surface area contributed by atoms with Crippen LogP contribution in [0.5, 0.6) is 12.0 Å². The van der Waals surface area contributed by atoms with E-state index in [9.17, 15) is 4.79 Å². The molecule has 0 N–H and O–H groups in total. The number of methoxy groups -OCH3 is 2. The summed E-state index contributed by atoms with van der Waals surface area (Å²) in [6, 6.07) is -0.144. The van der Waals surface area contributed by atoms with Crippen LogP contribution in [-0.4, -0.2) is 41.7 Å². The molecule has 1 atom stereocenters. The quantitative estimate of drug-likeness (QED) is 0.728. The number of esters is 1. The summed E-state index contributed by atoms with van der Waals surface area (Å²) < 4.78 is 29.6. The number of nitrogens with zero attached hydrogens (tertiary/aromatic N) is 3. The van der Waals surface area contributed by atoms with Crippen LogP contribution in [0.2, 0.25) is 0 Å². The molecule has 112 valence electrons. The molecule has 0 aliphatic heterocycles. The number of carbonyl (C=O) groups is 1. The summed E-state index contributed by atoms with van der Waals surface area (Å²) >= 11 is 0. The van der Waals surface area contributed by atoms with Crippen molar-refractivity contribution in [2.75, 3.05) is 20.8 Å². The summed E-state index contributed by atoms with van der Waals surface area (Å²) in [5.41, 5.74) is -2.06. The lowest BCUT2D eigenvalue weighted by Crippen LogP contribution is -2.35. The molecule has 1 unspecified atom stereocenters. The number of hydrogen-bond donors (Lipinski definition) is 0. The summed E-state index contributed by atoms with van der Waals surface area (Å²) in [7, 11) is 2.69. The molecule has 0 fully saturated rings. The molecule has 7 nitrogen and oxygen atoms in total. The van der Waals surface area contributed by atoms with Crippen LogP contribution >= 0.6 is 0 Å². The molecule has 1 aromatic heterocycles. The van der Waals surface area contributed by atoms with Crippen LogP contribution in [0.1, 0.15) is 26.6 Å². The molecular weight excluding hydrogens is 269 g/mol. The van der Waals surface area contributed by atoms with E-state index in [4.69, 9.17) is 14.2 Å². The molecule has 8 heteroatoms. The van der Waals surface area contributed by atoms with E-state index in [-0.39, 0.29) is 17.8 Å². The minimum atomic E-state index is -2.06. The summed E-state index contributed by atoms with van der Waals surface area (Å²) in [6.07, 6.45) is 0. The predicted octanol–water partition coefficient (Wildman–Crippen LogP) is 1.27. The van der Waals surface area contributed by atoms with Crippen LogP contribution in [0.3, 0.4) is 0 Å². The molecule has 0 spiro atoms. The van der Waals surface area contributed by atoms with Crippen molar-refractivity contribution in [3.63, 3.8) is 0 Å². The third-order valence-electron chi connectivity index (χ3n) is 2.73. The molecule has 1 heterocycles. The number of ether oxygens (including phenoxy) is 3. The number of aromatic nitrogens is 3. The van der Waals surface area contributed by atoms with Crippen molar-refractivity contribution in [1.82, 2.24) is 15.0 Å². The summed E-state index contributed by atoms with van der Waals surface area (Å²) in [6.45, 7) is 3.98. The maximum absolute atomic E-state index is 15.1. The Morgan fingerprint density at radius 1 is 1.20 bits per heavy atom. The van der Waals surface area contributed by atoms with Gasteiger partial charge in [0.15, 0.2) is 5.82 Å². The molecule has 0 aliphatic carbocycles. The first kappa shape index (κ1) is 16.1. The summed E-state index contributed by atoms with van der Waals surface area (Å²) in [5, 5.41) is 0. The van der Waals surface area contributed by atoms with E-state index >= 15 is 4.39 Å². The van der Waals surface area contributed by atoms with Crippen LogP contribution in [-0.2, 0) is 15.2 Å². The fourth-order valence-electron chi connectivity index (χ4n) is 1.40. The van der Waals surface area contributed by atoms with Crippen LogP contribution in [0.4, 0.5) is 4.39 Å². The second-order valence-corrected chi connectivity index (χ2v) is 4.43. The maximum atomic E-state index is 15.1. The van der Waals surface area contributed by atoms with E-state index in [0.29, 0.717) is 0 Å². The average molecular weight is 287 g/mol. The Bertz CT molecular complexity index is 462. The molecule has 0 aliphatic rings. The van der Waals surface area contributed by atoms with Crippen molar-refractivity contribution in [3.05, 3.63) is 5.82 Å². The van der Waals surface area contributed by atoms with Gasteiger partial charge in [-0.2, -0.15) is 9.97 Å². The smallest absolute Gasteiger partial charge is 0.322 e. The molecule has 0 amide bonds. The zero-order valence-corrected chi connectivity index (χ0v) is 12.1. The number of carbonyl (C=O) groups excluding carboxylic acids is 1. The van der Waals surface area contributed by atoms with E-state index in [2.05, 4.69) is 15.0 Å². The van der Waals surface area contributed by atoms with Gasteiger partial charge < -0.3 is 14.2 Å².